The van der Waals surface area contributed by atoms with Gasteiger partial charge < -0.3 is 30.1 Å². The van der Waals surface area contributed by atoms with Crippen LogP contribution in [-0.2, 0) is 4.74 Å². The van der Waals surface area contributed by atoms with Crippen molar-refractivity contribution in [3.8, 4) is 5.75 Å². The quantitative estimate of drug-likeness (QED) is 0.318. The molecule has 1 fully saturated rings. The van der Waals surface area contributed by atoms with Gasteiger partial charge in [-0.05, 0) is 32.9 Å². The van der Waals surface area contributed by atoms with Gasteiger partial charge in [0.1, 0.15) is 29.1 Å². The number of ether oxygens (including phenoxy) is 2. The summed E-state index contributed by atoms with van der Waals surface area (Å²) in [5.74, 6) is 0.710. The number of rotatable bonds is 5. The molecule has 11 heteroatoms. The summed E-state index contributed by atoms with van der Waals surface area (Å²) in [4.78, 5) is 19.8. The average Bonchev–Trinajstić information content (AvgIpc) is 2.66. The lowest BCUT2D eigenvalue weighted by Gasteiger charge is -2.36. The van der Waals surface area contributed by atoms with E-state index in [9.17, 15) is 9.90 Å². The number of hydrogen-bond acceptors (Lipinski definition) is 5. The largest absolute Gasteiger partial charge is 0.489 e. The Balaban J connectivity index is 0.00000450. The van der Waals surface area contributed by atoms with Crippen molar-refractivity contribution in [3.05, 3.63) is 28.2 Å². The molecule has 1 atom stereocenters. The first-order valence-corrected chi connectivity index (χ1v) is 10.1. The van der Waals surface area contributed by atoms with Gasteiger partial charge in [0.15, 0.2) is 5.96 Å². The minimum absolute atomic E-state index is 0. The van der Waals surface area contributed by atoms with Crippen LogP contribution >= 0.6 is 47.2 Å². The van der Waals surface area contributed by atoms with Crippen molar-refractivity contribution in [2.75, 3.05) is 39.3 Å². The first kappa shape index (κ1) is 26.9. The van der Waals surface area contributed by atoms with E-state index >= 15 is 0 Å². The Morgan fingerprint density at radius 2 is 1.83 bits per heavy atom. The molecule has 0 bridgehead atoms. The van der Waals surface area contributed by atoms with Crippen LogP contribution in [0.25, 0.3) is 0 Å². The van der Waals surface area contributed by atoms with Gasteiger partial charge in [0.25, 0.3) is 0 Å². The monoisotopic (exact) mass is 574 g/mol. The van der Waals surface area contributed by atoms with E-state index in [1.54, 1.807) is 23.1 Å². The zero-order valence-corrected chi connectivity index (χ0v) is 21.1. The minimum Gasteiger partial charge on any atom is -0.489 e. The van der Waals surface area contributed by atoms with Crippen molar-refractivity contribution in [2.24, 2.45) is 10.7 Å². The molecule has 0 saturated carbocycles. The number of halogens is 3. The molecule has 1 amide bonds. The third kappa shape index (κ3) is 8.52. The lowest BCUT2D eigenvalue weighted by atomic mass is 10.2. The molecule has 0 radical (unpaired) electrons. The van der Waals surface area contributed by atoms with Gasteiger partial charge in [0, 0.05) is 26.2 Å². The van der Waals surface area contributed by atoms with Crippen LogP contribution in [-0.4, -0.2) is 78.0 Å². The molecule has 2 rings (SSSR count). The number of benzene rings is 1. The maximum atomic E-state index is 12.1. The second kappa shape index (κ2) is 12.0. The van der Waals surface area contributed by atoms with E-state index < -0.39 is 11.7 Å². The van der Waals surface area contributed by atoms with Crippen LogP contribution in [0.1, 0.15) is 20.8 Å². The number of carbonyl (C=O) groups is 1. The lowest BCUT2D eigenvalue weighted by Crippen LogP contribution is -2.53. The Bertz CT molecular complexity index is 738. The maximum absolute atomic E-state index is 12.1. The third-order valence-corrected chi connectivity index (χ3v) is 4.87. The SMILES string of the molecule is CC(C)(C)OC(=O)N1CCN(C(N)=NCC(O)COc2cccc(Cl)c2Cl)CC1.I. The predicted molar refractivity (Wildman–Crippen MR) is 129 cm³/mol. The summed E-state index contributed by atoms with van der Waals surface area (Å²) >= 11 is 12.0. The summed E-state index contributed by atoms with van der Waals surface area (Å²) in [6.45, 7) is 7.65. The van der Waals surface area contributed by atoms with Gasteiger partial charge in [0.2, 0.25) is 0 Å². The Hall–Kier alpha value is -1.17. The number of guanidine groups is 1. The first-order valence-electron chi connectivity index (χ1n) is 9.34. The van der Waals surface area contributed by atoms with Crippen LogP contribution in [0.15, 0.2) is 23.2 Å². The van der Waals surface area contributed by atoms with Crippen LogP contribution < -0.4 is 10.5 Å². The van der Waals surface area contributed by atoms with Gasteiger partial charge in [-0.1, -0.05) is 29.3 Å². The zero-order chi connectivity index (χ0) is 21.6. The number of nitrogens with zero attached hydrogens (tertiary/aromatic N) is 3. The molecule has 1 aliphatic rings. The second-order valence-electron chi connectivity index (χ2n) is 7.67. The van der Waals surface area contributed by atoms with Crippen LogP contribution in [0, 0.1) is 0 Å². The Morgan fingerprint density at radius 3 is 2.43 bits per heavy atom. The molecule has 1 aromatic carbocycles. The van der Waals surface area contributed by atoms with Crippen LogP contribution in [0.2, 0.25) is 10.0 Å². The molecule has 0 spiro atoms. The molecule has 170 valence electrons. The zero-order valence-electron chi connectivity index (χ0n) is 17.3. The number of carbonyl (C=O) groups excluding carboxylic acids is 1. The van der Waals surface area contributed by atoms with Gasteiger partial charge in [-0.15, -0.1) is 24.0 Å². The van der Waals surface area contributed by atoms with Crippen LogP contribution in [0.4, 0.5) is 4.79 Å². The van der Waals surface area contributed by atoms with E-state index in [1.165, 1.54) is 0 Å². The first-order chi connectivity index (χ1) is 13.6. The average molecular weight is 575 g/mol. The molecule has 1 unspecified atom stereocenters. The number of nitrogens with two attached hydrogens (primary N) is 1. The Labute approximate surface area is 204 Å². The summed E-state index contributed by atoms with van der Waals surface area (Å²) in [6.07, 6.45) is -1.19. The fourth-order valence-corrected chi connectivity index (χ4v) is 2.92. The highest BCUT2D eigenvalue weighted by Crippen LogP contribution is 2.31. The van der Waals surface area contributed by atoms with Gasteiger partial charge in [-0.3, -0.25) is 4.99 Å². The van der Waals surface area contributed by atoms with Crippen molar-refractivity contribution in [2.45, 2.75) is 32.5 Å². The molecule has 1 aliphatic heterocycles. The smallest absolute Gasteiger partial charge is 0.410 e. The van der Waals surface area contributed by atoms with Crippen molar-refractivity contribution in [3.63, 3.8) is 0 Å². The molecule has 0 aliphatic carbocycles. The standard InChI is InChI=1S/C19H28Cl2N4O4.HI/c1-19(2,3)29-18(27)25-9-7-24(8-10-25)17(22)23-11-13(26)12-28-15-6-4-5-14(20)16(15)21;/h4-6,13,26H,7-12H2,1-3H3,(H2,22,23);1H. The minimum atomic E-state index is -0.855. The summed E-state index contributed by atoms with van der Waals surface area (Å²) in [6, 6.07) is 5.03. The van der Waals surface area contributed by atoms with Crippen LogP contribution in [0.5, 0.6) is 5.75 Å². The molecule has 3 N–H and O–H groups in total. The number of amides is 1. The van der Waals surface area contributed by atoms with Gasteiger partial charge in [-0.2, -0.15) is 0 Å². The van der Waals surface area contributed by atoms with Gasteiger partial charge in [0.05, 0.1) is 11.6 Å². The molecule has 8 nitrogen and oxygen atoms in total. The van der Waals surface area contributed by atoms with E-state index in [1.807, 2.05) is 25.7 Å². The van der Waals surface area contributed by atoms with Crippen molar-refractivity contribution in [1.82, 2.24) is 9.80 Å². The normalized spacial score (nSPS) is 16.0. The molecule has 1 saturated heterocycles. The summed E-state index contributed by atoms with van der Waals surface area (Å²) in [5, 5.41) is 10.8. The molecular formula is C19H29Cl2IN4O4. The molecule has 1 aromatic rings. The number of piperazine rings is 1. The number of aliphatic hydroxyl groups excluding tert-OH is 1. The fraction of sp³-hybridized carbons (Fsp3) is 0.579. The van der Waals surface area contributed by atoms with Gasteiger partial charge >= 0.3 is 6.09 Å². The van der Waals surface area contributed by atoms with E-state index in [4.69, 9.17) is 38.4 Å². The molecule has 0 aromatic heterocycles. The van der Waals surface area contributed by atoms with Crippen molar-refractivity contribution < 1.29 is 19.4 Å². The van der Waals surface area contributed by atoms with Crippen LogP contribution in [0.3, 0.4) is 0 Å². The predicted octanol–water partition coefficient (Wildman–Crippen LogP) is 3.22. The summed E-state index contributed by atoms with van der Waals surface area (Å²) in [7, 11) is 0. The van der Waals surface area contributed by atoms with E-state index in [-0.39, 0.29) is 43.2 Å². The fourth-order valence-electron chi connectivity index (χ4n) is 2.58. The van der Waals surface area contributed by atoms with Crippen molar-refractivity contribution in [1.29, 1.82) is 0 Å². The molecular weight excluding hydrogens is 546 g/mol. The molecule has 30 heavy (non-hydrogen) atoms. The number of aliphatic hydroxyl groups is 1. The Kier molecular flexibility index (Phi) is 10.8. The van der Waals surface area contributed by atoms with E-state index in [0.29, 0.717) is 47.9 Å². The highest BCUT2D eigenvalue weighted by atomic mass is 127. The number of hydrogen-bond donors (Lipinski definition) is 2. The van der Waals surface area contributed by atoms with E-state index in [2.05, 4.69) is 4.99 Å². The molecule has 1 heterocycles. The third-order valence-electron chi connectivity index (χ3n) is 4.07. The second-order valence-corrected chi connectivity index (χ2v) is 8.46. The Morgan fingerprint density at radius 1 is 1.23 bits per heavy atom. The summed E-state index contributed by atoms with van der Waals surface area (Å²) in [5.41, 5.74) is 5.50. The maximum Gasteiger partial charge on any atom is 0.410 e. The number of aliphatic imine (C=N–C) groups is 1. The topological polar surface area (TPSA) is 101 Å². The summed E-state index contributed by atoms with van der Waals surface area (Å²) < 4.78 is 10.9. The highest BCUT2D eigenvalue weighted by Gasteiger charge is 2.26. The highest BCUT2D eigenvalue weighted by molar-refractivity contribution is 14.0. The lowest BCUT2D eigenvalue weighted by molar-refractivity contribution is 0.0186. The van der Waals surface area contributed by atoms with E-state index in [0.717, 1.165) is 0 Å². The van der Waals surface area contributed by atoms with Crippen molar-refractivity contribution >= 4 is 59.2 Å². The van der Waals surface area contributed by atoms with Gasteiger partial charge in [-0.25, -0.2) is 4.79 Å².